The van der Waals surface area contributed by atoms with Crippen LogP contribution in [0.25, 0.3) is 5.53 Å². The molecule has 0 heterocycles. The number of hydrogen-bond acceptors (Lipinski definition) is 10. The SMILES string of the molecule is O=N[O-].O=N[O-].O=[N+]([O-])[N-][N+](=O)[O-].[Pt]. The summed E-state index contributed by atoms with van der Waals surface area (Å²) in [4.78, 5) is 34.0. The summed E-state index contributed by atoms with van der Waals surface area (Å²) in [5, 5.41) is 33.3. The van der Waals surface area contributed by atoms with Crippen molar-refractivity contribution in [3.05, 3.63) is 46.0 Å². The number of rotatable bonds is 2. The van der Waals surface area contributed by atoms with E-state index in [1.165, 1.54) is 0 Å². The third-order valence-electron chi connectivity index (χ3n) is 0.146. The third-order valence-corrected chi connectivity index (χ3v) is 0.146. The van der Waals surface area contributed by atoms with E-state index in [-0.39, 0.29) is 21.1 Å². The van der Waals surface area contributed by atoms with Crippen LogP contribution in [0, 0.1) is 40.5 Å². The smallest absolute Gasteiger partial charge is 0.0464 e. The summed E-state index contributed by atoms with van der Waals surface area (Å²) in [5.74, 6) is 0. The van der Waals surface area contributed by atoms with Crippen LogP contribution in [0.3, 0.4) is 0 Å². The Balaban J connectivity index is -0.0000000610. The van der Waals surface area contributed by atoms with Crippen LogP contribution < -0.4 is 0 Å². The Kier molecular flexibility index (Phi) is 36.4. The summed E-state index contributed by atoms with van der Waals surface area (Å²) < 4.78 is 0. The van der Waals surface area contributed by atoms with Crippen LogP contribution in [0.1, 0.15) is 0 Å². The maximum atomic E-state index is 9.01. The quantitative estimate of drug-likeness (QED) is 0.360. The second-order valence-electron chi connectivity index (χ2n) is 0.714. The molecule has 0 unspecified atom stereocenters. The first kappa shape index (κ1) is 22.7. The maximum absolute atomic E-state index is 9.01. The van der Waals surface area contributed by atoms with Crippen molar-refractivity contribution in [2.45, 2.75) is 0 Å². The van der Waals surface area contributed by atoms with Crippen molar-refractivity contribution < 1.29 is 31.1 Å². The third kappa shape index (κ3) is 191. The Hall–Kier alpha value is -1.91. The first-order valence-electron chi connectivity index (χ1n) is 1.86. The van der Waals surface area contributed by atoms with E-state index >= 15 is 0 Å². The zero-order valence-corrected chi connectivity index (χ0v) is 8.09. The molecule has 14 heavy (non-hydrogen) atoms. The predicted molar refractivity (Wildman–Crippen MR) is 35.7 cm³/mol. The van der Waals surface area contributed by atoms with Crippen LogP contribution in [-0.4, -0.2) is 10.1 Å². The molecule has 14 heteroatoms. The monoisotopic (exact) mass is 393 g/mol. The second kappa shape index (κ2) is 22.5. The van der Waals surface area contributed by atoms with Gasteiger partial charge in [-0.15, -0.1) is 10.7 Å². The van der Waals surface area contributed by atoms with Gasteiger partial charge >= 0.3 is 0 Å². The van der Waals surface area contributed by atoms with Gasteiger partial charge in [0, 0.05) is 31.1 Å². The van der Waals surface area contributed by atoms with Gasteiger partial charge in [-0.3, -0.25) is 20.2 Å². The Morgan fingerprint density at radius 2 is 1.07 bits per heavy atom. The Labute approximate surface area is 88.5 Å². The molecule has 86 valence electrons. The largest absolute Gasteiger partial charge is 0.444 e. The molecule has 0 aromatic carbocycles. The number of nitrogens with zero attached hydrogens (tertiary/aromatic N) is 5. The normalized spacial score (nSPS) is 5.43. The molecule has 0 bridgehead atoms. The summed E-state index contributed by atoms with van der Waals surface area (Å²) in [6.45, 7) is 0. The summed E-state index contributed by atoms with van der Waals surface area (Å²) in [6.07, 6.45) is 0. The topological polar surface area (TPSA) is 205 Å². The zero-order chi connectivity index (χ0) is 11.3. The van der Waals surface area contributed by atoms with Gasteiger partial charge in [0.15, 0.2) is 0 Å². The molecule has 0 rings (SSSR count). The van der Waals surface area contributed by atoms with Crippen molar-refractivity contribution in [1.82, 2.24) is 0 Å². The van der Waals surface area contributed by atoms with Crippen LogP contribution in [0.15, 0.2) is 10.7 Å². The van der Waals surface area contributed by atoms with E-state index in [4.69, 9.17) is 40.5 Å². The summed E-state index contributed by atoms with van der Waals surface area (Å²) in [6, 6.07) is 0. The molecule has 0 aromatic heterocycles. The predicted octanol–water partition coefficient (Wildman–Crippen LogP) is 0.242. The van der Waals surface area contributed by atoms with E-state index in [1.807, 2.05) is 0 Å². The molecular formula is N5O8Pt-3. The van der Waals surface area contributed by atoms with Crippen molar-refractivity contribution in [3.63, 3.8) is 0 Å². The maximum Gasteiger partial charge on any atom is 0.0464 e. The summed E-state index contributed by atoms with van der Waals surface area (Å²) >= 11 is 0. The average molecular weight is 393 g/mol. The Bertz CT molecular complexity index is 149. The molecule has 0 saturated carbocycles. The van der Waals surface area contributed by atoms with E-state index in [0.717, 1.165) is 10.7 Å². The standard InChI is InChI=1S/N3O4.2HNO2.Pt/c4-2(5)1-3(6)7;2*2-1-3;/h;2*(H,2,3);/q-1;;;/p-2. The molecule has 0 atom stereocenters. The van der Waals surface area contributed by atoms with Crippen LogP contribution in [0.2, 0.25) is 0 Å². The molecule has 0 aliphatic rings. The van der Waals surface area contributed by atoms with Gasteiger partial charge in [0.25, 0.3) is 0 Å². The molecular weight excluding hydrogens is 393 g/mol. The van der Waals surface area contributed by atoms with Gasteiger partial charge in [-0.1, -0.05) is 0 Å². The summed E-state index contributed by atoms with van der Waals surface area (Å²) in [7, 11) is 0. The van der Waals surface area contributed by atoms with E-state index in [9.17, 15) is 0 Å². The molecule has 0 aromatic rings. The van der Waals surface area contributed by atoms with E-state index in [2.05, 4.69) is 0 Å². The number of hydrogen-bond donors (Lipinski definition) is 0. The average Bonchev–Trinajstić information content (AvgIpc) is 1.86. The fourth-order valence-corrected chi connectivity index (χ4v) is 0.0596. The van der Waals surface area contributed by atoms with E-state index < -0.39 is 10.1 Å². The van der Waals surface area contributed by atoms with Gasteiger partial charge < -0.3 is 20.2 Å². The molecule has 0 aliphatic heterocycles. The minimum absolute atomic E-state index is 0. The van der Waals surface area contributed by atoms with Gasteiger partial charge in [-0.2, -0.15) is 0 Å². The van der Waals surface area contributed by atoms with Crippen LogP contribution in [0.5, 0.6) is 0 Å². The molecule has 0 radical (unpaired) electrons. The van der Waals surface area contributed by atoms with Gasteiger partial charge in [-0.05, 0) is 5.53 Å². The van der Waals surface area contributed by atoms with Crippen LogP contribution in [-0.2, 0) is 21.1 Å². The number of nitro groups is 2. The molecule has 0 saturated heterocycles. The van der Waals surface area contributed by atoms with Crippen molar-refractivity contribution in [1.29, 1.82) is 0 Å². The van der Waals surface area contributed by atoms with E-state index in [1.54, 1.807) is 5.53 Å². The minimum atomic E-state index is -1.38. The van der Waals surface area contributed by atoms with Crippen molar-refractivity contribution in [3.8, 4) is 0 Å². The molecule has 0 fully saturated rings. The Morgan fingerprint density at radius 1 is 0.929 bits per heavy atom. The zero-order valence-electron chi connectivity index (χ0n) is 5.82. The molecule has 0 aliphatic carbocycles. The van der Waals surface area contributed by atoms with Gasteiger partial charge in [0.1, 0.15) is 0 Å². The van der Waals surface area contributed by atoms with E-state index in [0.29, 0.717) is 0 Å². The first-order chi connectivity index (χ1) is 5.95. The van der Waals surface area contributed by atoms with Gasteiger partial charge in [0.05, 0.1) is 0 Å². The van der Waals surface area contributed by atoms with Crippen LogP contribution in [0.4, 0.5) is 0 Å². The fourth-order valence-electron chi connectivity index (χ4n) is 0.0596. The van der Waals surface area contributed by atoms with Gasteiger partial charge in [0.2, 0.25) is 0 Å². The second-order valence-corrected chi connectivity index (χ2v) is 0.714. The van der Waals surface area contributed by atoms with Gasteiger partial charge in [-0.25, -0.2) is 0 Å². The fraction of sp³-hybridized carbons (Fsp3) is 0. The molecule has 0 spiro atoms. The summed E-state index contributed by atoms with van der Waals surface area (Å²) in [5.41, 5.74) is 1.72. The van der Waals surface area contributed by atoms with Crippen LogP contribution >= 0.6 is 0 Å². The van der Waals surface area contributed by atoms with Crippen molar-refractivity contribution in [2.75, 3.05) is 0 Å². The Morgan fingerprint density at radius 3 is 1.07 bits per heavy atom. The minimum Gasteiger partial charge on any atom is -0.444 e. The first-order valence-corrected chi connectivity index (χ1v) is 1.86. The van der Waals surface area contributed by atoms with Crippen molar-refractivity contribution >= 4 is 0 Å². The molecule has 0 N–H and O–H groups in total. The van der Waals surface area contributed by atoms with Crippen molar-refractivity contribution in [2.24, 2.45) is 10.7 Å². The molecule has 0 amide bonds. The molecule has 13 nitrogen and oxygen atoms in total.